The number of pyridine rings is 1. The van der Waals surface area contributed by atoms with Crippen LogP contribution in [0.5, 0.6) is 0 Å². The molecule has 1 atom stereocenters. The monoisotopic (exact) mass is 569 g/mol. The molecule has 38 heavy (non-hydrogen) atoms. The zero-order valence-corrected chi connectivity index (χ0v) is 23.3. The predicted molar refractivity (Wildman–Crippen MR) is 150 cm³/mol. The summed E-state index contributed by atoms with van der Waals surface area (Å²) in [5, 5.41) is 3.38. The van der Waals surface area contributed by atoms with Gasteiger partial charge in [0, 0.05) is 48.3 Å². The van der Waals surface area contributed by atoms with Gasteiger partial charge in [-0.1, -0.05) is 41.9 Å². The largest absolute Gasteiger partial charge is 0.385 e. The van der Waals surface area contributed by atoms with Gasteiger partial charge in [0.25, 0.3) is 0 Å². The highest BCUT2D eigenvalue weighted by molar-refractivity contribution is 7.89. The van der Waals surface area contributed by atoms with E-state index in [1.807, 2.05) is 47.8 Å². The number of halogens is 1. The molecule has 10 heteroatoms. The first-order valence-electron chi connectivity index (χ1n) is 12.3. The van der Waals surface area contributed by atoms with Crippen molar-refractivity contribution in [1.82, 2.24) is 14.2 Å². The Hall–Kier alpha value is -2.82. The molecule has 0 radical (unpaired) electrons. The molecule has 0 saturated carbocycles. The number of fused-ring (bicyclic) bond motifs is 2. The predicted octanol–water partition coefficient (Wildman–Crippen LogP) is 5.15. The molecule has 0 N–H and O–H groups in total. The molecule has 5 rings (SSSR count). The van der Waals surface area contributed by atoms with E-state index >= 15 is 0 Å². The number of carbonyl (C=O) groups excluding carboxylic acids is 1. The number of para-hydroxylation sites is 1. The van der Waals surface area contributed by atoms with E-state index in [1.165, 1.54) is 9.18 Å². The van der Waals surface area contributed by atoms with Crippen LogP contribution in [0.4, 0.5) is 0 Å². The second kappa shape index (κ2) is 11.5. The van der Waals surface area contributed by atoms with E-state index in [1.54, 1.807) is 47.7 Å². The van der Waals surface area contributed by atoms with Crippen LogP contribution in [0, 0.1) is 0 Å². The molecular weight excluding hydrogens is 542 g/mol. The number of carbonyl (C=O) groups is 1. The van der Waals surface area contributed by atoms with Crippen LogP contribution in [0.2, 0.25) is 5.02 Å². The molecule has 0 bridgehead atoms. The van der Waals surface area contributed by atoms with Crippen LogP contribution in [0.1, 0.15) is 28.5 Å². The topological polar surface area (TPSA) is 79.8 Å². The molecule has 2 aromatic heterocycles. The number of rotatable bonds is 9. The van der Waals surface area contributed by atoms with E-state index in [0.29, 0.717) is 30.1 Å². The summed E-state index contributed by atoms with van der Waals surface area (Å²) in [5.74, 6) is -0.254. The lowest BCUT2D eigenvalue weighted by molar-refractivity contribution is -0.133. The fourth-order valence-electron chi connectivity index (χ4n) is 4.92. The van der Waals surface area contributed by atoms with Crippen molar-refractivity contribution in [2.45, 2.75) is 23.8 Å². The third-order valence-corrected chi connectivity index (χ3v) is 9.88. The molecule has 0 saturated heterocycles. The summed E-state index contributed by atoms with van der Waals surface area (Å²) in [4.78, 5) is 21.4. The highest BCUT2D eigenvalue weighted by Crippen LogP contribution is 2.38. The Morgan fingerprint density at radius 2 is 1.95 bits per heavy atom. The lowest BCUT2D eigenvalue weighted by Crippen LogP contribution is -2.47. The highest BCUT2D eigenvalue weighted by atomic mass is 35.5. The zero-order chi connectivity index (χ0) is 26.7. The van der Waals surface area contributed by atoms with Crippen LogP contribution in [0.3, 0.4) is 0 Å². The molecule has 1 aliphatic heterocycles. The molecule has 4 aromatic rings. The maximum atomic E-state index is 14.0. The number of ether oxygens (including phenoxy) is 1. The van der Waals surface area contributed by atoms with E-state index in [-0.39, 0.29) is 29.9 Å². The van der Waals surface area contributed by atoms with Crippen LogP contribution in [-0.4, -0.2) is 61.9 Å². The van der Waals surface area contributed by atoms with Gasteiger partial charge in [0.15, 0.2) is 0 Å². The summed E-state index contributed by atoms with van der Waals surface area (Å²) >= 11 is 7.82. The number of thiophene rings is 1. The summed E-state index contributed by atoms with van der Waals surface area (Å²) in [6.07, 6.45) is 2.76. The summed E-state index contributed by atoms with van der Waals surface area (Å²) in [5.41, 5.74) is 2.40. The first-order chi connectivity index (χ1) is 18.4. The number of amides is 1. The summed E-state index contributed by atoms with van der Waals surface area (Å²) < 4.78 is 34.4. The van der Waals surface area contributed by atoms with Gasteiger partial charge in [-0.15, -0.1) is 11.3 Å². The maximum Gasteiger partial charge on any atom is 0.245 e. The first-order valence-corrected chi connectivity index (χ1v) is 15.0. The molecule has 2 aromatic carbocycles. The first kappa shape index (κ1) is 26.8. The number of benzene rings is 2. The Morgan fingerprint density at radius 1 is 1.16 bits per heavy atom. The number of hydrogen-bond acceptors (Lipinski definition) is 6. The molecule has 198 valence electrons. The van der Waals surface area contributed by atoms with Gasteiger partial charge in [0.05, 0.1) is 18.1 Å². The minimum Gasteiger partial charge on any atom is -0.385 e. The fraction of sp³-hybridized carbons (Fsp3) is 0.286. The Morgan fingerprint density at radius 3 is 2.74 bits per heavy atom. The van der Waals surface area contributed by atoms with Crippen LogP contribution in [0.25, 0.3) is 10.9 Å². The van der Waals surface area contributed by atoms with Crippen LogP contribution in [0.15, 0.2) is 77.1 Å². The second-order valence-electron chi connectivity index (χ2n) is 9.11. The fourth-order valence-corrected chi connectivity index (χ4v) is 7.55. The summed E-state index contributed by atoms with van der Waals surface area (Å²) in [6, 6.07) is 17.9. The molecule has 0 fully saturated rings. The third-order valence-electron chi connectivity index (χ3n) is 6.75. The molecule has 0 spiro atoms. The van der Waals surface area contributed by atoms with E-state index < -0.39 is 10.0 Å². The highest BCUT2D eigenvalue weighted by Gasteiger charge is 2.36. The van der Waals surface area contributed by atoms with Gasteiger partial charge in [-0.05, 0) is 59.7 Å². The van der Waals surface area contributed by atoms with Crippen molar-refractivity contribution < 1.29 is 17.9 Å². The van der Waals surface area contributed by atoms with Crippen molar-refractivity contribution in [1.29, 1.82) is 0 Å². The quantitative estimate of drug-likeness (QED) is 0.260. The average Bonchev–Trinajstić information content (AvgIpc) is 3.41. The summed E-state index contributed by atoms with van der Waals surface area (Å²) in [7, 11) is -2.46. The van der Waals surface area contributed by atoms with Gasteiger partial charge in [-0.25, -0.2) is 8.42 Å². The maximum absolute atomic E-state index is 14.0. The molecule has 3 heterocycles. The summed E-state index contributed by atoms with van der Waals surface area (Å²) in [6.45, 7) is 0.748. The lowest BCUT2D eigenvalue weighted by Gasteiger charge is -2.37. The molecule has 0 aliphatic carbocycles. The van der Waals surface area contributed by atoms with Crippen molar-refractivity contribution in [3.05, 3.63) is 93.3 Å². The van der Waals surface area contributed by atoms with Crippen LogP contribution >= 0.6 is 22.9 Å². The number of methoxy groups -OCH3 is 1. The molecule has 1 amide bonds. The van der Waals surface area contributed by atoms with E-state index in [2.05, 4.69) is 4.98 Å². The van der Waals surface area contributed by atoms with E-state index in [9.17, 15) is 13.2 Å². The minimum absolute atomic E-state index is 0.0915. The van der Waals surface area contributed by atoms with Gasteiger partial charge in [0.2, 0.25) is 15.9 Å². The second-order valence-corrected chi connectivity index (χ2v) is 12.5. The van der Waals surface area contributed by atoms with Crippen LogP contribution in [-0.2, 0) is 26.0 Å². The van der Waals surface area contributed by atoms with Crippen molar-refractivity contribution in [2.24, 2.45) is 0 Å². The van der Waals surface area contributed by atoms with Gasteiger partial charge >= 0.3 is 0 Å². The standard InChI is InChI=1S/C28H28ClN3O4S2/c1-36-17-4-15-31(38(34,35)25-7-2-5-20-6-3-14-30-27(20)25)19-26(33)32-16-12-24-23(13-18-37-24)28(32)21-8-10-22(29)11-9-21/h2-3,5-11,13-14,18,28H,4,12,15-17,19H2,1H3. The Labute approximate surface area is 231 Å². The van der Waals surface area contributed by atoms with Crippen molar-refractivity contribution in [3.8, 4) is 0 Å². The Balaban J connectivity index is 1.49. The Kier molecular flexibility index (Phi) is 8.11. The van der Waals surface area contributed by atoms with Gasteiger partial charge < -0.3 is 9.64 Å². The Bertz CT molecular complexity index is 1530. The van der Waals surface area contributed by atoms with Crippen molar-refractivity contribution in [2.75, 3.05) is 33.4 Å². The number of nitrogens with zero attached hydrogens (tertiary/aromatic N) is 3. The number of aromatic nitrogens is 1. The molecule has 7 nitrogen and oxygen atoms in total. The lowest BCUT2D eigenvalue weighted by atomic mass is 9.93. The van der Waals surface area contributed by atoms with Gasteiger partial charge in [-0.3, -0.25) is 9.78 Å². The molecule has 1 unspecified atom stereocenters. The number of sulfonamides is 1. The normalized spacial score (nSPS) is 15.7. The van der Waals surface area contributed by atoms with E-state index in [0.717, 1.165) is 22.9 Å². The van der Waals surface area contributed by atoms with Crippen LogP contribution < -0.4 is 0 Å². The minimum atomic E-state index is -4.03. The van der Waals surface area contributed by atoms with Gasteiger partial charge in [0.1, 0.15) is 4.90 Å². The average molecular weight is 570 g/mol. The third kappa shape index (κ3) is 5.34. The molecule has 1 aliphatic rings. The van der Waals surface area contributed by atoms with E-state index in [4.69, 9.17) is 16.3 Å². The van der Waals surface area contributed by atoms with Crippen molar-refractivity contribution in [3.63, 3.8) is 0 Å². The SMILES string of the molecule is COCCCN(CC(=O)N1CCc2sccc2C1c1ccc(Cl)cc1)S(=O)(=O)c1cccc2cccnc12. The zero-order valence-electron chi connectivity index (χ0n) is 20.9. The molecular formula is C28H28ClN3O4S2. The number of hydrogen-bond donors (Lipinski definition) is 0. The smallest absolute Gasteiger partial charge is 0.245 e. The van der Waals surface area contributed by atoms with Crippen molar-refractivity contribution >= 4 is 49.8 Å². The van der Waals surface area contributed by atoms with Gasteiger partial charge in [-0.2, -0.15) is 4.31 Å².